The lowest BCUT2D eigenvalue weighted by Crippen LogP contribution is -2.31. The summed E-state index contributed by atoms with van der Waals surface area (Å²) in [6, 6.07) is -0.0417. The minimum atomic E-state index is -0.356. The Morgan fingerprint density at radius 2 is 2.00 bits per heavy atom. The van der Waals surface area contributed by atoms with Crippen LogP contribution >= 0.6 is 12.4 Å². The second kappa shape index (κ2) is 5.35. The quantitative estimate of drug-likeness (QED) is 0.586. The van der Waals surface area contributed by atoms with Gasteiger partial charge in [0.1, 0.15) is 0 Å². The number of nitrogens with two attached hydrogens (primary N) is 1. The van der Waals surface area contributed by atoms with Crippen LogP contribution in [0.15, 0.2) is 0 Å². The lowest BCUT2D eigenvalue weighted by Gasteiger charge is -2.09. The lowest BCUT2D eigenvalue weighted by molar-refractivity contribution is 0.161. The van der Waals surface area contributed by atoms with E-state index in [1.165, 1.54) is 0 Å². The standard InChI is InChI=1S/C5H13NO.ClH/c1-3-5(6)4(2)7;/h4-5,7H,3,6H2,1-2H3;1H/t4-,5-;/m1./s1. The highest BCUT2D eigenvalue weighted by Gasteiger charge is 2.03. The number of halogens is 1. The Morgan fingerprint density at radius 1 is 1.62 bits per heavy atom. The van der Waals surface area contributed by atoms with Gasteiger partial charge in [0.15, 0.2) is 0 Å². The predicted octanol–water partition coefficient (Wildman–Crippen LogP) is 0.526. The van der Waals surface area contributed by atoms with Crippen molar-refractivity contribution in [2.45, 2.75) is 32.4 Å². The molecule has 0 aliphatic heterocycles. The van der Waals surface area contributed by atoms with Gasteiger partial charge >= 0.3 is 0 Å². The molecule has 2 nitrogen and oxygen atoms in total. The van der Waals surface area contributed by atoms with E-state index in [1.807, 2.05) is 6.92 Å². The first-order valence-corrected chi connectivity index (χ1v) is 2.62. The summed E-state index contributed by atoms with van der Waals surface area (Å²) in [7, 11) is 0. The summed E-state index contributed by atoms with van der Waals surface area (Å²) in [5.41, 5.74) is 5.37. The normalized spacial score (nSPS) is 16.5. The summed E-state index contributed by atoms with van der Waals surface area (Å²) < 4.78 is 0. The van der Waals surface area contributed by atoms with E-state index in [0.29, 0.717) is 0 Å². The summed E-state index contributed by atoms with van der Waals surface area (Å²) in [6.45, 7) is 3.66. The summed E-state index contributed by atoms with van der Waals surface area (Å²) in [5, 5.41) is 8.70. The van der Waals surface area contributed by atoms with Crippen LogP contribution < -0.4 is 5.73 Å². The van der Waals surface area contributed by atoms with Crippen molar-refractivity contribution >= 4 is 12.4 Å². The maximum atomic E-state index is 8.70. The number of hydrogen-bond acceptors (Lipinski definition) is 2. The molecule has 52 valence electrons. The third-order valence-corrected chi connectivity index (χ3v) is 1.09. The molecule has 0 aromatic heterocycles. The van der Waals surface area contributed by atoms with Crippen LogP contribution in [-0.2, 0) is 0 Å². The van der Waals surface area contributed by atoms with Crippen LogP contribution in [0.25, 0.3) is 0 Å². The Morgan fingerprint density at radius 3 is 2.00 bits per heavy atom. The van der Waals surface area contributed by atoms with Gasteiger partial charge in [-0.15, -0.1) is 12.4 Å². The number of aliphatic hydroxyl groups excluding tert-OH is 1. The number of hydrogen-bond donors (Lipinski definition) is 2. The molecule has 0 heterocycles. The van der Waals surface area contributed by atoms with E-state index in [1.54, 1.807) is 6.92 Å². The number of aliphatic hydroxyl groups is 1. The first-order chi connectivity index (χ1) is 3.18. The first kappa shape index (κ1) is 11.1. The van der Waals surface area contributed by atoms with Gasteiger partial charge in [0, 0.05) is 6.04 Å². The molecule has 0 saturated heterocycles. The van der Waals surface area contributed by atoms with E-state index in [-0.39, 0.29) is 24.6 Å². The number of rotatable bonds is 2. The van der Waals surface area contributed by atoms with E-state index in [0.717, 1.165) is 6.42 Å². The van der Waals surface area contributed by atoms with Gasteiger partial charge in [-0.05, 0) is 13.3 Å². The topological polar surface area (TPSA) is 46.2 Å². The van der Waals surface area contributed by atoms with Crippen molar-refractivity contribution in [3.8, 4) is 0 Å². The molecule has 0 bridgehead atoms. The highest BCUT2D eigenvalue weighted by molar-refractivity contribution is 5.85. The van der Waals surface area contributed by atoms with Gasteiger partial charge in [-0.2, -0.15) is 0 Å². The molecule has 0 amide bonds. The lowest BCUT2D eigenvalue weighted by atomic mass is 10.1. The first-order valence-electron chi connectivity index (χ1n) is 2.62. The van der Waals surface area contributed by atoms with Crippen molar-refractivity contribution in [2.75, 3.05) is 0 Å². The second-order valence-corrected chi connectivity index (χ2v) is 1.81. The van der Waals surface area contributed by atoms with Crippen LogP contribution in [0.2, 0.25) is 0 Å². The fourth-order valence-electron chi connectivity index (χ4n) is 0.341. The highest BCUT2D eigenvalue weighted by Crippen LogP contribution is 1.91. The zero-order valence-corrected chi connectivity index (χ0v) is 6.11. The Balaban J connectivity index is 0. The van der Waals surface area contributed by atoms with Crippen molar-refractivity contribution < 1.29 is 5.11 Å². The van der Waals surface area contributed by atoms with Crippen LogP contribution in [0.3, 0.4) is 0 Å². The van der Waals surface area contributed by atoms with Crippen LogP contribution in [0.1, 0.15) is 20.3 Å². The molecule has 0 saturated carbocycles. The van der Waals surface area contributed by atoms with Gasteiger partial charge < -0.3 is 10.8 Å². The third-order valence-electron chi connectivity index (χ3n) is 1.09. The third kappa shape index (κ3) is 4.37. The van der Waals surface area contributed by atoms with Gasteiger partial charge in [-0.1, -0.05) is 6.92 Å². The highest BCUT2D eigenvalue weighted by atomic mass is 35.5. The SMILES string of the molecule is CC[C@@H](N)[C@@H](C)O.Cl. The van der Waals surface area contributed by atoms with Gasteiger partial charge in [-0.25, -0.2) is 0 Å². The molecule has 0 aliphatic carbocycles. The molecular formula is C5H14ClNO. The smallest absolute Gasteiger partial charge is 0.0662 e. The van der Waals surface area contributed by atoms with E-state index in [2.05, 4.69) is 0 Å². The average Bonchev–Trinajstić information content (AvgIpc) is 1.65. The van der Waals surface area contributed by atoms with Crippen molar-refractivity contribution in [3.05, 3.63) is 0 Å². The summed E-state index contributed by atoms with van der Waals surface area (Å²) in [6.07, 6.45) is 0.488. The molecular weight excluding hydrogens is 126 g/mol. The van der Waals surface area contributed by atoms with Gasteiger partial charge in [-0.3, -0.25) is 0 Å². The van der Waals surface area contributed by atoms with Crippen LogP contribution in [0.4, 0.5) is 0 Å². The van der Waals surface area contributed by atoms with Crippen LogP contribution in [0, 0.1) is 0 Å². The molecule has 0 aromatic rings. The molecule has 0 unspecified atom stereocenters. The zero-order chi connectivity index (χ0) is 5.86. The van der Waals surface area contributed by atoms with Gasteiger partial charge in [0.05, 0.1) is 6.10 Å². The largest absolute Gasteiger partial charge is 0.392 e. The molecule has 8 heavy (non-hydrogen) atoms. The fourth-order valence-corrected chi connectivity index (χ4v) is 0.341. The summed E-state index contributed by atoms with van der Waals surface area (Å²) in [4.78, 5) is 0. The molecule has 0 aliphatic rings. The summed E-state index contributed by atoms with van der Waals surface area (Å²) in [5.74, 6) is 0. The molecule has 0 rings (SSSR count). The minimum Gasteiger partial charge on any atom is -0.392 e. The van der Waals surface area contributed by atoms with Crippen molar-refractivity contribution in [1.29, 1.82) is 0 Å². The van der Waals surface area contributed by atoms with Crippen LogP contribution in [0.5, 0.6) is 0 Å². The van der Waals surface area contributed by atoms with Crippen molar-refractivity contribution in [2.24, 2.45) is 5.73 Å². The van der Waals surface area contributed by atoms with E-state index in [9.17, 15) is 0 Å². The maximum Gasteiger partial charge on any atom is 0.0662 e. The van der Waals surface area contributed by atoms with Crippen LogP contribution in [-0.4, -0.2) is 17.3 Å². The van der Waals surface area contributed by atoms with Gasteiger partial charge in [0.2, 0.25) is 0 Å². The fraction of sp³-hybridized carbons (Fsp3) is 1.00. The minimum absolute atomic E-state index is 0. The van der Waals surface area contributed by atoms with Gasteiger partial charge in [0.25, 0.3) is 0 Å². The second-order valence-electron chi connectivity index (χ2n) is 1.81. The Bertz CT molecular complexity index is 49.7. The molecule has 0 aromatic carbocycles. The molecule has 3 heteroatoms. The molecule has 2 atom stereocenters. The Labute approximate surface area is 56.5 Å². The zero-order valence-electron chi connectivity index (χ0n) is 5.29. The average molecular weight is 140 g/mol. The Hall–Kier alpha value is 0.210. The maximum absolute atomic E-state index is 8.70. The monoisotopic (exact) mass is 139 g/mol. The molecule has 0 spiro atoms. The molecule has 0 fully saturated rings. The van der Waals surface area contributed by atoms with Crippen molar-refractivity contribution in [1.82, 2.24) is 0 Å². The van der Waals surface area contributed by atoms with E-state index >= 15 is 0 Å². The van der Waals surface area contributed by atoms with E-state index in [4.69, 9.17) is 10.8 Å². The summed E-state index contributed by atoms with van der Waals surface area (Å²) >= 11 is 0. The van der Waals surface area contributed by atoms with Crippen molar-refractivity contribution in [3.63, 3.8) is 0 Å². The molecule has 3 N–H and O–H groups in total. The predicted molar refractivity (Wildman–Crippen MR) is 37.2 cm³/mol. The molecule has 0 radical (unpaired) electrons. The van der Waals surface area contributed by atoms with E-state index < -0.39 is 0 Å². The Kier molecular flexibility index (Phi) is 7.40.